The van der Waals surface area contributed by atoms with Gasteiger partial charge in [-0.2, -0.15) is 0 Å². The van der Waals surface area contributed by atoms with Gasteiger partial charge in [0.1, 0.15) is 5.60 Å². The average molecular weight is 296 g/mol. The van der Waals surface area contributed by atoms with Crippen molar-refractivity contribution in [2.45, 2.75) is 59.5 Å². The van der Waals surface area contributed by atoms with E-state index >= 15 is 0 Å². The minimum atomic E-state index is -0.849. The summed E-state index contributed by atoms with van der Waals surface area (Å²) in [6.07, 6.45) is 3.47. The molecular weight excluding hydrogens is 268 g/mol. The number of carbonyl (C=O) groups is 2. The van der Waals surface area contributed by atoms with Crippen LogP contribution in [-0.2, 0) is 14.3 Å². The second-order valence-corrected chi connectivity index (χ2v) is 7.96. The summed E-state index contributed by atoms with van der Waals surface area (Å²) in [7, 11) is 0. The predicted octanol–water partition coefficient (Wildman–Crippen LogP) is 3.35. The first-order valence-electron chi connectivity index (χ1n) is 8.07. The minimum absolute atomic E-state index is 0.115. The fraction of sp³-hybridized carbons (Fsp3) is 0.882. The van der Waals surface area contributed by atoms with Gasteiger partial charge in [-0.05, 0) is 63.7 Å². The topological polar surface area (TPSA) is 63.6 Å². The zero-order valence-electron chi connectivity index (χ0n) is 13.8. The molecule has 0 aliphatic heterocycles. The van der Waals surface area contributed by atoms with Gasteiger partial charge in [-0.3, -0.25) is 9.59 Å². The highest BCUT2D eigenvalue weighted by atomic mass is 16.6. The Kier molecular flexibility index (Phi) is 4.36. The van der Waals surface area contributed by atoms with E-state index < -0.39 is 23.4 Å². The van der Waals surface area contributed by atoms with Crippen molar-refractivity contribution >= 4 is 11.9 Å². The van der Waals surface area contributed by atoms with E-state index in [-0.39, 0.29) is 11.9 Å². The third kappa shape index (κ3) is 3.24. The van der Waals surface area contributed by atoms with Crippen LogP contribution in [0, 0.1) is 35.5 Å². The summed E-state index contributed by atoms with van der Waals surface area (Å²) in [6.45, 7) is 9.31. The number of rotatable bonds is 4. The van der Waals surface area contributed by atoms with Gasteiger partial charge in [-0.25, -0.2) is 0 Å². The lowest BCUT2D eigenvalue weighted by Gasteiger charge is -2.35. The Morgan fingerprint density at radius 1 is 1.19 bits per heavy atom. The van der Waals surface area contributed by atoms with Crippen molar-refractivity contribution in [1.29, 1.82) is 0 Å². The molecule has 0 amide bonds. The van der Waals surface area contributed by atoms with Crippen molar-refractivity contribution in [3.63, 3.8) is 0 Å². The number of carbonyl (C=O) groups excluding carboxylic acids is 1. The molecule has 0 aromatic heterocycles. The maximum absolute atomic E-state index is 12.3. The quantitative estimate of drug-likeness (QED) is 0.808. The molecule has 2 rings (SSSR count). The van der Waals surface area contributed by atoms with Crippen molar-refractivity contribution in [3.05, 3.63) is 0 Å². The second kappa shape index (κ2) is 5.62. The van der Waals surface area contributed by atoms with Gasteiger partial charge in [0, 0.05) is 0 Å². The summed E-state index contributed by atoms with van der Waals surface area (Å²) in [4.78, 5) is 24.1. The maximum atomic E-state index is 12.3. The van der Waals surface area contributed by atoms with Gasteiger partial charge in [-0.15, -0.1) is 0 Å². The van der Waals surface area contributed by atoms with Crippen molar-refractivity contribution in [2.24, 2.45) is 35.5 Å². The van der Waals surface area contributed by atoms with Crippen LogP contribution >= 0.6 is 0 Å². The minimum Gasteiger partial charge on any atom is -0.481 e. The highest BCUT2D eigenvalue weighted by Gasteiger charge is 2.52. The maximum Gasteiger partial charge on any atom is 0.310 e. The third-order valence-corrected chi connectivity index (χ3v) is 5.43. The molecule has 6 unspecified atom stereocenters. The van der Waals surface area contributed by atoms with E-state index in [1.807, 2.05) is 20.8 Å². The lowest BCUT2D eigenvalue weighted by atomic mass is 9.69. The monoisotopic (exact) mass is 296 g/mol. The molecule has 0 aromatic rings. The van der Waals surface area contributed by atoms with Crippen LogP contribution in [0.4, 0.5) is 0 Å². The number of aliphatic carboxylic acids is 1. The van der Waals surface area contributed by atoms with Crippen molar-refractivity contribution < 1.29 is 19.4 Å². The molecule has 2 aliphatic carbocycles. The standard InChI is InChI=1S/C17H28O4/c1-9-11-6-7-12(8-11)13(9)14(15(18)19)10(2)16(20)21-17(3,4)5/h9-14H,6-8H2,1-5H3,(H,18,19). The number of hydrogen-bond acceptors (Lipinski definition) is 3. The molecule has 2 aliphatic rings. The number of ether oxygens (including phenoxy) is 1. The van der Waals surface area contributed by atoms with Gasteiger partial charge < -0.3 is 9.84 Å². The summed E-state index contributed by atoms with van der Waals surface area (Å²) in [6, 6.07) is 0. The van der Waals surface area contributed by atoms with Gasteiger partial charge in [0.25, 0.3) is 0 Å². The van der Waals surface area contributed by atoms with Crippen LogP contribution in [0.3, 0.4) is 0 Å². The van der Waals surface area contributed by atoms with E-state index in [0.29, 0.717) is 17.8 Å². The molecule has 0 aromatic carbocycles. The van der Waals surface area contributed by atoms with Crippen LogP contribution < -0.4 is 0 Å². The van der Waals surface area contributed by atoms with Crippen LogP contribution in [0.2, 0.25) is 0 Å². The van der Waals surface area contributed by atoms with E-state index in [4.69, 9.17) is 4.74 Å². The molecule has 2 fully saturated rings. The van der Waals surface area contributed by atoms with E-state index in [2.05, 4.69) is 6.92 Å². The van der Waals surface area contributed by atoms with Crippen LogP contribution in [0.1, 0.15) is 53.9 Å². The zero-order valence-corrected chi connectivity index (χ0v) is 13.8. The Bertz CT molecular complexity index is 421. The Hall–Kier alpha value is -1.06. The first-order chi connectivity index (χ1) is 9.61. The predicted molar refractivity (Wildman–Crippen MR) is 79.6 cm³/mol. The molecule has 0 saturated heterocycles. The van der Waals surface area contributed by atoms with E-state index in [0.717, 1.165) is 12.8 Å². The first-order valence-corrected chi connectivity index (χ1v) is 8.07. The second-order valence-electron chi connectivity index (χ2n) is 7.96. The van der Waals surface area contributed by atoms with Crippen LogP contribution in [-0.4, -0.2) is 22.6 Å². The SMILES string of the molecule is CC(C(=O)OC(C)(C)C)C(C(=O)O)C1C2CCC(C2)C1C. The summed E-state index contributed by atoms with van der Waals surface area (Å²) in [5.41, 5.74) is -0.575. The van der Waals surface area contributed by atoms with E-state index in [9.17, 15) is 14.7 Å². The molecule has 120 valence electrons. The lowest BCUT2D eigenvalue weighted by molar-refractivity contribution is -0.168. The number of hydrogen-bond donors (Lipinski definition) is 1. The summed E-state index contributed by atoms with van der Waals surface area (Å²) in [5, 5.41) is 9.69. The molecule has 4 nitrogen and oxygen atoms in total. The van der Waals surface area contributed by atoms with Gasteiger partial charge in [0.15, 0.2) is 0 Å². The van der Waals surface area contributed by atoms with Gasteiger partial charge in [-0.1, -0.05) is 13.8 Å². The number of carboxylic acids is 1. The largest absolute Gasteiger partial charge is 0.481 e. The Morgan fingerprint density at radius 3 is 2.19 bits per heavy atom. The van der Waals surface area contributed by atoms with Crippen LogP contribution in [0.15, 0.2) is 0 Å². The van der Waals surface area contributed by atoms with E-state index in [1.165, 1.54) is 6.42 Å². The van der Waals surface area contributed by atoms with Crippen molar-refractivity contribution in [2.75, 3.05) is 0 Å². The smallest absolute Gasteiger partial charge is 0.310 e. The molecule has 4 heteroatoms. The molecule has 2 saturated carbocycles. The number of fused-ring (bicyclic) bond motifs is 2. The fourth-order valence-corrected chi connectivity index (χ4v) is 4.50. The third-order valence-electron chi connectivity index (χ3n) is 5.43. The molecule has 0 heterocycles. The van der Waals surface area contributed by atoms with Gasteiger partial charge in [0.05, 0.1) is 11.8 Å². The van der Waals surface area contributed by atoms with Crippen LogP contribution in [0.25, 0.3) is 0 Å². The Morgan fingerprint density at radius 2 is 1.76 bits per heavy atom. The fourth-order valence-electron chi connectivity index (χ4n) is 4.50. The Labute approximate surface area is 127 Å². The molecule has 21 heavy (non-hydrogen) atoms. The van der Waals surface area contributed by atoms with E-state index in [1.54, 1.807) is 6.92 Å². The molecule has 6 atom stereocenters. The summed E-state index contributed by atoms with van der Waals surface area (Å²) < 4.78 is 5.40. The molecular formula is C17H28O4. The molecule has 2 bridgehead atoms. The summed E-state index contributed by atoms with van der Waals surface area (Å²) in [5.74, 6) is -0.816. The van der Waals surface area contributed by atoms with Gasteiger partial charge >= 0.3 is 11.9 Å². The van der Waals surface area contributed by atoms with Crippen LogP contribution in [0.5, 0.6) is 0 Å². The van der Waals surface area contributed by atoms with Crippen molar-refractivity contribution in [1.82, 2.24) is 0 Å². The highest BCUT2D eigenvalue weighted by Crippen LogP contribution is 2.55. The molecule has 1 N–H and O–H groups in total. The Balaban J connectivity index is 2.16. The van der Waals surface area contributed by atoms with Gasteiger partial charge in [0.2, 0.25) is 0 Å². The first kappa shape index (κ1) is 16.3. The lowest BCUT2D eigenvalue weighted by Crippen LogP contribution is -2.41. The number of carboxylic acid groups (broad SMARTS) is 1. The average Bonchev–Trinajstić information content (AvgIpc) is 2.89. The summed E-state index contributed by atoms with van der Waals surface area (Å²) >= 11 is 0. The normalized spacial score (nSPS) is 34.5. The highest BCUT2D eigenvalue weighted by molar-refractivity contribution is 5.81. The number of esters is 1. The molecule has 0 spiro atoms. The molecule has 0 radical (unpaired) electrons. The van der Waals surface area contributed by atoms with Crippen molar-refractivity contribution in [3.8, 4) is 0 Å². The zero-order chi connectivity index (χ0) is 15.9.